The van der Waals surface area contributed by atoms with Crippen molar-refractivity contribution in [2.45, 2.75) is 40.5 Å². The number of aliphatic carboxylic acids is 2. The molecule has 0 aliphatic rings. The summed E-state index contributed by atoms with van der Waals surface area (Å²) >= 11 is 0. The summed E-state index contributed by atoms with van der Waals surface area (Å²) in [5, 5.41) is 17.1. The van der Waals surface area contributed by atoms with Gasteiger partial charge in [-0.25, -0.2) is 14.4 Å². The van der Waals surface area contributed by atoms with Gasteiger partial charge in [-0.3, -0.25) is 0 Å². The van der Waals surface area contributed by atoms with Crippen LogP contribution in [0.4, 0.5) is 0 Å². The molecular formula is C19H33ClNO6+. The highest BCUT2D eigenvalue weighted by Crippen LogP contribution is 2.09. The number of carbonyl (C=O) groups is 3. The molecule has 0 aliphatic carbocycles. The second-order valence-corrected chi connectivity index (χ2v) is 6.49. The normalized spacial score (nSPS) is 12.3. The number of hydrogen-bond donors (Lipinski definition) is 2. The summed E-state index contributed by atoms with van der Waals surface area (Å²) in [6, 6.07) is 0. The van der Waals surface area contributed by atoms with Gasteiger partial charge in [-0.05, 0) is 33.6 Å². The molecule has 0 unspecified atom stereocenters. The minimum atomic E-state index is -0.972. The Morgan fingerprint density at radius 2 is 1.41 bits per heavy atom. The highest BCUT2D eigenvalue weighted by atomic mass is 35.5. The standard InChI is InChI=1S/C12H18O4.C7H13NO2.ClH/c1-4-6-10(12(15)16-5-2)8-7-9(3)11(13)14;1-6(7(9)10)5-8(2,3)4;/h6-7H,4-5,8H2,1-3H3,(H,13,14);5H,1-4H3;1H/p+1. The van der Waals surface area contributed by atoms with Gasteiger partial charge in [0.2, 0.25) is 0 Å². The lowest BCUT2D eigenvalue weighted by Crippen LogP contribution is -2.28. The fourth-order valence-electron chi connectivity index (χ4n) is 1.71. The molecule has 0 fully saturated rings. The third kappa shape index (κ3) is 17.1. The van der Waals surface area contributed by atoms with E-state index in [2.05, 4.69) is 0 Å². The Kier molecular flexibility index (Phi) is 16.5. The van der Waals surface area contributed by atoms with Crippen molar-refractivity contribution < 1.29 is 33.8 Å². The summed E-state index contributed by atoms with van der Waals surface area (Å²) in [6.45, 7) is 7.05. The van der Waals surface area contributed by atoms with Crippen molar-refractivity contribution >= 4 is 30.3 Å². The second kappa shape index (κ2) is 15.0. The van der Waals surface area contributed by atoms with Crippen molar-refractivity contribution in [3.05, 3.63) is 35.1 Å². The number of esters is 1. The van der Waals surface area contributed by atoms with E-state index in [4.69, 9.17) is 14.9 Å². The van der Waals surface area contributed by atoms with Crippen LogP contribution in [0.15, 0.2) is 35.1 Å². The van der Waals surface area contributed by atoms with Gasteiger partial charge in [-0.2, -0.15) is 0 Å². The molecule has 0 radical (unpaired) electrons. The highest BCUT2D eigenvalue weighted by molar-refractivity contribution is 5.90. The lowest BCUT2D eigenvalue weighted by molar-refractivity contribution is -0.817. The number of hydrogen-bond acceptors (Lipinski definition) is 4. The molecule has 0 aromatic rings. The number of nitrogens with zero attached hydrogens (tertiary/aromatic N) is 1. The largest absolute Gasteiger partial charge is 0.478 e. The second-order valence-electron chi connectivity index (χ2n) is 6.49. The van der Waals surface area contributed by atoms with E-state index in [1.54, 1.807) is 26.1 Å². The smallest absolute Gasteiger partial charge is 0.336 e. The number of carboxylic acids is 2. The van der Waals surface area contributed by atoms with Gasteiger partial charge in [0, 0.05) is 11.1 Å². The van der Waals surface area contributed by atoms with Crippen LogP contribution >= 0.6 is 12.4 Å². The van der Waals surface area contributed by atoms with E-state index in [0.717, 1.165) is 0 Å². The van der Waals surface area contributed by atoms with Crippen LogP contribution in [0, 0.1) is 0 Å². The van der Waals surface area contributed by atoms with E-state index in [0.29, 0.717) is 35.1 Å². The van der Waals surface area contributed by atoms with Crippen molar-refractivity contribution in [2.24, 2.45) is 0 Å². The van der Waals surface area contributed by atoms with Crippen LogP contribution < -0.4 is 0 Å². The van der Waals surface area contributed by atoms with Crippen molar-refractivity contribution in [2.75, 3.05) is 27.7 Å². The maximum absolute atomic E-state index is 11.4. The fraction of sp³-hybridized carbons (Fsp3) is 0.526. The zero-order chi connectivity index (χ0) is 20.9. The molecule has 0 amide bonds. The minimum Gasteiger partial charge on any atom is -0.478 e. The number of quaternary nitrogens is 1. The summed E-state index contributed by atoms with van der Waals surface area (Å²) in [7, 11) is 5.73. The Hall–Kier alpha value is -2.12. The van der Waals surface area contributed by atoms with Gasteiger partial charge in [0.05, 0.1) is 33.3 Å². The van der Waals surface area contributed by atoms with Crippen LogP contribution in [0.1, 0.15) is 40.5 Å². The molecule has 0 aromatic heterocycles. The van der Waals surface area contributed by atoms with E-state index in [-0.39, 0.29) is 23.9 Å². The molecule has 0 aromatic carbocycles. The summed E-state index contributed by atoms with van der Waals surface area (Å²) in [6.07, 6.45) is 5.96. The van der Waals surface area contributed by atoms with Gasteiger partial charge in [-0.1, -0.05) is 19.1 Å². The summed E-state index contributed by atoms with van der Waals surface area (Å²) in [4.78, 5) is 32.3. The van der Waals surface area contributed by atoms with Crippen molar-refractivity contribution in [3.63, 3.8) is 0 Å². The lowest BCUT2D eigenvalue weighted by Gasteiger charge is -2.17. The van der Waals surface area contributed by atoms with Crippen LogP contribution in [0.5, 0.6) is 0 Å². The first-order chi connectivity index (χ1) is 11.9. The molecule has 2 N–H and O–H groups in total. The van der Waals surface area contributed by atoms with Crippen molar-refractivity contribution in [1.82, 2.24) is 0 Å². The third-order valence-electron chi connectivity index (χ3n) is 2.87. The number of allylic oxidation sites excluding steroid dienone is 2. The average molecular weight is 407 g/mol. The Balaban J connectivity index is -0.000000454. The number of halogens is 1. The van der Waals surface area contributed by atoms with E-state index in [9.17, 15) is 14.4 Å². The first kappa shape index (κ1) is 29.6. The van der Waals surface area contributed by atoms with Gasteiger partial charge in [0.25, 0.3) is 0 Å². The average Bonchev–Trinajstić information content (AvgIpc) is 2.50. The van der Waals surface area contributed by atoms with Gasteiger partial charge < -0.3 is 19.4 Å². The Morgan fingerprint density at radius 1 is 0.926 bits per heavy atom. The highest BCUT2D eigenvalue weighted by Gasteiger charge is 2.09. The van der Waals surface area contributed by atoms with Gasteiger partial charge in [0.1, 0.15) is 6.20 Å². The van der Waals surface area contributed by atoms with Gasteiger partial charge in [-0.15, -0.1) is 12.4 Å². The minimum absolute atomic E-state index is 0. The number of carboxylic acid groups (broad SMARTS) is 2. The van der Waals surface area contributed by atoms with E-state index >= 15 is 0 Å². The van der Waals surface area contributed by atoms with E-state index in [1.165, 1.54) is 13.0 Å². The third-order valence-corrected chi connectivity index (χ3v) is 2.87. The first-order valence-corrected chi connectivity index (χ1v) is 8.35. The summed E-state index contributed by atoms with van der Waals surface area (Å²) in [5.41, 5.74) is 1.11. The van der Waals surface area contributed by atoms with E-state index in [1.807, 2.05) is 28.1 Å². The molecule has 156 valence electrons. The molecule has 7 nitrogen and oxygen atoms in total. The van der Waals surface area contributed by atoms with Gasteiger partial charge in [0.15, 0.2) is 0 Å². The molecule has 27 heavy (non-hydrogen) atoms. The topological polar surface area (TPSA) is 101 Å². The van der Waals surface area contributed by atoms with Crippen LogP contribution in [0.2, 0.25) is 0 Å². The predicted molar refractivity (Wildman–Crippen MR) is 108 cm³/mol. The Labute approximate surface area is 168 Å². The molecule has 0 saturated heterocycles. The van der Waals surface area contributed by atoms with Crippen LogP contribution in [-0.4, -0.2) is 60.4 Å². The van der Waals surface area contributed by atoms with Crippen LogP contribution in [0.3, 0.4) is 0 Å². The Bertz CT molecular complexity index is 585. The van der Waals surface area contributed by atoms with Crippen molar-refractivity contribution in [1.29, 1.82) is 0 Å². The number of ether oxygens (including phenoxy) is 1. The van der Waals surface area contributed by atoms with Gasteiger partial charge >= 0.3 is 17.9 Å². The molecule has 0 spiro atoms. The maximum Gasteiger partial charge on any atom is 0.336 e. The first-order valence-electron chi connectivity index (χ1n) is 8.35. The molecule has 0 saturated carbocycles. The zero-order valence-electron chi connectivity index (χ0n) is 17.2. The molecule has 0 atom stereocenters. The summed E-state index contributed by atoms with van der Waals surface area (Å²) < 4.78 is 5.41. The number of carbonyl (C=O) groups excluding carboxylic acids is 1. The molecule has 0 rings (SSSR count). The van der Waals surface area contributed by atoms with E-state index < -0.39 is 11.9 Å². The van der Waals surface area contributed by atoms with Crippen LogP contribution in [-0.2, 0) is 19.1 Å². The molecular weight excluding hydrogens is 374 g/mol. The van der Waals surface area contributed by atoms with Crippen LogP contribution in [0.25, 0.3) is 0 Å². The van der Waals surface area contributed by atoms with Crippen molar-refractivity contribution in [3.8, 4) is 0 Å². The molecule has 0 heterocycles. The Morgan fingerprint density at radius 3 is 1.70 bits per heavy atom. The quantitative estimate of drug-likeness (QED) is 0.364. The molecule has 0 aliphatic heterocycles. The lowest BCUT2D eigenvalue weighted by atomic mass is 10.1. The zero-order valence-corrected chi connectivity index (χ0v) is 18.1. The summed E-state index contributed by atoms with van der Waals surface area (Å²) in [5.74, 6) is -2.20. The molecule has 8 heteroatoms. The maximum atomic E-state index is 11.4. The fourth-order valence-corrected chi connectivity index (χ4v) is 1.71. The predicted octanol–water partition coefficient (Wildman–Crippen LogP) is 3.41. The molecule has 0 bridgehead atoms. The SMILES string of the molecule is CC(=C[N+](C)(C)C)C(=O)O.CCC=C(CC=C(C)C(=O)O)C(=O)OCC.Cl. The monoisotopic (exact) mass is 406 g/mol. The number of rotatable bonds is 8.